The van der Waals surface area contributed by atoms with E-state index in [9.17, 15) is 18.3 Å². The largest absolute Gasteiger partial charge is 0.493 e. The van der Waals surface area contributed by atoms with Gasteiger partial charge in [-0.2, -0.15) is 13.2 Å². The predicted octanol–water partition coefficient (Wildman–Crippen LogP) is 3.92. The molecule has 2 atom stereocenters. The molecule has 0 aromatic heterocycles. The summed E-state index contributed by atoms with van der Waals surface area (Å²) in [5.74, 6) is 0.318. The number of para-hydroxylation sites is 1. The number of benzene rings is 2. The maximum atomic E-state index is 12.7. The Kier molecular flexibility index (Phi) is 3.37. The maximum Gasteiger partial charge on any atom is 0.416 e. The van der Waals surface area contributed by atoms with E-state index in [1.165, 1.54) is 12.1 Å². The van der Waals surface area contributed by atoms with E-state index in [0.717, 1.165) is 17.7 Å². The summed E-state index contributed by atoms with van der Waals surface area (Å²) < 4.78 is 43.7. The lowest BCUT2D eigenvalue weighted by molar-refractivity contribution is -0.137. The van der Waals surface area contributed by atoms with Crippen LogP contribution in [-0.2, 0) is 6.18 Å². The van der Waals surface area contributed by atoms with Crippen molar-refractivity contribution in [2.75, 3.05) is 6.61 Å². The van der Waals surface area contributed by atoms with E-state index in [1.54, 1.807) is 6.07 Å². The van der Waals surface area contributed by atoms with Gasteiger partial charge in [0.2, 0.25) is 0 Å². The number of ether oxygens (including phenoxy) is 1. The number of alkyl halides is 3. The van der Waals surface area contributed by atoms with Gasteiger partial charge in [-0.25, -0.2) is 0 Å². The van der Waals surface area contributed by atoms with Crippen molar-refractivity contribution in [3.8, 4) is 5.75 Å². The Balaban J connectivity index is 1.92. The third-order valence-corrected chi connectivity index (χ3v) is 3.67. The normalized spacial score (nSPS) is 19.0. The van der Waals surface area contributed by atoms with Crippen LogP contribution in [0.4, 0.5) is 13.2 Å². The van der Waals surface area contributed by atoms with E-state index in [4.69, 9.17) is 4.74 Å². The first-order valence-electron chi connectivity index (χ1n) is 6.54. The van der Waals surface area contributed by atoms with Crippen LogP contribution in [0.3, 0.4) is 0 Å². The van der Waals surface area contributed by atoms with Crippen LogP contribution in [0.1, 0.15) is 28.7 Å². The molecule has 2 aromatic carbocycles. The fourth-order valence-corrected chi connectivity index (χ4v) is 2.58. The minimum atomic E-state index is -4.42. The van der Waals surface area contributed by atoms with Gasteiger partial charge in [-0.1, -0.05) is 30.3 Å². The summed E-state index contributed by atoms with van der Waals surface area (Å²) in [6, 6.07) is 12.0. The van der Waals surface area contributed by atoms with Gasteiger partial charge in [-0.3, -0.25) is 0 Å². The lowest BCUT2D eigenvalue weighted by Crippen LogP contribution is -2.14. The molecular weight excluding hydrogens is 281 g/mol. The second kappa shape index (κ2) is 5.07. The van der Waals surface area contributed by atoms with Gasteiger partial charge in [-0.15, -0.1) is 0 Å². The van der Waals surface area contributed by atoms with E-state index in [1.807, 2.05) is 18.2 Å². The molecule has 0 spiro atoms. The van der Waals surface area contributed by atoms with Gasteiger partial charge in [0, 0.05) is 5.56 Å². The van der Waals surface area contributed by atoms with Gasteiger partial charge >= 0.3 is 6.18 Å². The average Bonchev–Trinajstić information content (AvgIpc) is 2.90. The molecule has 0 saturated heterocycles. The van der Waals surface area contributed by atoms with Crippen molar-refractivity contribution in [1.29, 1.82) is 0 Å². The first kappa shape index (κ1) is 13.9. The number of hydrogen-bond acceptors (Lipinski definition) is 2. The first-order valence-corrected chi connectivity index (χ1v) is 6.54. The first-order chi connectivity index (χ1) is 9.97. The molecule has 1 aliphatic rings. The fourth-order valence-electron chi connectivity index (χ4n) is 2.58. The third-order valence-electron chi connectivity index (χ3n) is 3.67. The van der Waals surface area contributed by atoms with Crippen LogP contribution < -0.4 is 4.74 Å². The number of aliphatic hydroxyl groups is 1. The predicted molar refractivity (Wildman–Crippen MR) is 71.1 cm³/mol. The molecule has 2 nitrogen and oxygen atoms in total. The molecule has 3 rings (SSSR count). The van der Waals surface area contributed by atoms with Gasteiger partial charge < -0.3 is 9.84 Å². The van der Waals surface area contributed by atoms with Crippen molar-refractivity contribution in [2.24, 2.45) is 0 Å². The highest BCUT2D eigenvalue weighted by molar-refractivity contribution is 5.42. The molecule has 0 bridgehead atoms. The Morgan fingerprint density at radius 3 is 2.62 bits per heavy atom. The lowest BCUT2D eigenvalue weighted by Gasteiger charge is -2.19. The number of halogens is 3. The van der Waals surface area contributed by atoms with Gasteiger partial charge in [0.25, 0.3) is 0 Å². The standard InChI is InChI=1S/C16H13F3O2/c17-16(18,19)11-5-3-4-10(8-11)15(20)13-9-21-14-7-2-1-6-12(13)14/h1-8,13,15,20H,9H2. The molecule has 1 aliphatic heterocycles. The summed E-state index contributed by atoms with van der Waals surface area (Å²) in [5, 5.41) is 10.4. The second-order valence-electron chi connectivity index (χ2n) is 5.02. The van der Waals surface area contributed by atoms with E-state index < -0.39 is 17.8 Å². The number of hydrogen-bond donors (Lipinski definition) is 1. The Morgan fingerprint density at radius 2 is 1.86 bits per heavy atom. The second-order valence-corrected chi connectivity index (χ2v) is 5.02. The van der Waals surface area contributed by atoms with Crippen molar-refractivity contribution in [3.63, 3.8) is 0 Å². The summed E-state index contributed by atoms with van der Waals surface area (Å²) in [6.07, 6.45) is -5.45. The zero-order valence-electron chi connectivity index (χ0n) is 11.0. The monoisotopic (exact) mass is 294 g/mol. The van der Waals surface area contributed by atoms with Crippen molar-refractivity contribution < 1.29 is 23.0 Å². The molecule has 0 saturated carbocycles. The Labute approximate surface area is 119 Å². The topological polar surface area (TPSA) is 29.5 Å². The molecule has 0 aliphatic carbocycles. The number of fused-ring (bicyclic) bond motifs is 1. The number of aliphatic hydroxyl groups excluding tert-OH is 1. The van der Waals surface area contributed by atoms with E-state index in [0.29, 0.717) is 5.75 Å². The van der Waals surface area contributed by atoms with Gasteiger partial charge in [0.1, 0.15) is 5.75 Å². The molecule has 0 amide bonds. The van der Waals surface area contributed by atoms with Crippen LogP contribution in [0.15, 0.2) is 48.5 Å². The van der Waals surface area contributed by atoms with Crippen LogP contribution in [0.2, 0.25) is 0 Å². The summed E-state index contributed by atoms with van der Waals surface area (Å²) in [6.45, 7) is 0.261. The van der Waals surface area contributed by atoms with E-state index in [2.05, 4.69) is 0 Å². The van der Waals surface area contributed by atoms with Crippen LogP contribution >= 0.6 is 0 Å². The van der Waals surface area contributed by atoms with Crippen molar-refractivity contribution >= 4 is 0 Å². The molecule has 0 fully saturated rings. The van der Waals surface area contributed by atoms with Crippen LogP contribution in [0.5, 0.6) is 5.75 Å². The van der Waals surface area contributed by atoms with E-state index in [-0.39, 0.29) is 18.1 Å². The molecule has 2 unspecified atom stereocenters. The third kappa shape index (κ3) is 2.61. The van der Waals surface area contributed by atoms with Gasteiger partial charge in [0.05, 0.1) is 24.2 Å². The van der Waals surface area contributed by atoms with Gasteiger partial charge in [-0.05, 0) is 23.8 Å². The average molecular weight is 294 g/mol. The zero-order valence-corrected chi connectivity index (χ0v) is 11.0. The highest BCUT2D eigenvalue weighted by atomic mass is 19.4. The summed E-state index contributed by atoms with van der Waals surface area (Å²) in [7, 11) is 0. The summed E-state index contributed by atoms with van der Waals surface area (Å²) in [5.41, 5.74) is 0.309. The van der Waals surface area contributed by atoms with E-state index >= 15 is 0 Å². The Bertz CT molecular complexity index is 652. The van der Waals surface area contributed by atoms with Crippen molar-refractivity contribution in [2.45, 2.75) is 18.2 Å². The molecule has 5 heteroatoms. The zero-order chi connectivity index (χ0) is 15.0. The lowest BCUT2D eigenvalue weighted by atomic mass is 9.90. The Morgan fingerprint density at radius 1 is 1.10 bits per heavy atom. The SMILES string of the molecule is OC(c1cccc(C(F)(F)F)c1)C1COc2ccccc21. The molecule has 1 heterocycles. The highest BCUT2D eigenvalue weighted by Gasteiger charge is 2.34. The Hall–Kier alpha value is -2.01. The minimum Gasteiger partial charge on any atom is -0.493 e. The summed E-state index contributed by atoms with van der Waals surface area (Å²) >= 11 is 0. The molecule has 21 heavy (non-hydrogen) atoms. The number of rotatable bonds is 2. The quantitative estimate of drug-likeness (QED) is 0.909. The fraction of sp³-hybridized carbons (Fsp3) is 0.250. The van der Waals surface area contributed by atoms with Crippen LogP contribution in [0.25, 0.3) is 0 Å². The molecule has 2 aromatic rings. The molecular formula is C16H13F3O2. The molecule has 110 valence electrons. The van der Waals surface area contributed by atoms with Crippen LogP contribution in [0, 0.1) is 0 Å². The van der Waals surface area contributed by atoms with Crippen molar-refractivity contribution in [1.82, 2.24) is 0 Å². The molecule has 1 N–H and O–H groups in total. The van der Waals surface area contributed by atoms with Crippen molar-refractivity contribution in [3.05, 3.63) is 65.2 Å². The smallest absolute Gasteiger partial charge is 0.416 e. The highest BCUT2D eigenvalue weighted by Crippen LogP contribution is 2.41. The van der Waals surface area contributed by atoms with Gasteiger partial charge in [0.15, 0.2) is 0 Å². The molecule has 0 radical (unpaired) electrons. The van der Waals surface area contributed by atoms with Crippen LogP contribution in [-0.4, -0.2) is 11.7 Å². The minimum absolute atomic E-state index is 0.245. The summed E-state index contributed by atoms with van der Waals surface area (Å²) in [4.78, 5) is 0. The maximum absolute atomic E-state index is 12.7.